The van der Waals surface area contributed by atoms with Crippen LogP contribution in [0.4, 0.5) is 5.95 Å². The molecule has 8 nitrogen and oxygen atoms in total. The molecule has 0 aromatic carbocycles. The van der Waals surface area contributed by atoms with Crippen LogP contribution < -0.4 is 10.6 Å². The number of amides is 1. The van der Waals surface area contributed by atoms with E-state index in [0.29, 0.717) is 18.1 Å². The summed E-state index contributed by atoms with van der Waals surface area (Å²) in [6, 6.07) is 4.15. The van der Waals surface area contributed by atoms with E-state index >= 15 is 0 Å². The number of aromatic nitrogens is 4. The Kier molecular flexibility index (Phi) is 5.67. The molecule has 0 radical (unpaired) electrons. The highest BCUT2D eigenvalue weighted by Crippen LogP contribution is 2.25. The Morgan fingerprint density at radius 2 is 2.03 bits per heavy atom. The van der Waals surface area contributed by atoms with E-state index in [-0.39, 0.29) is 6.04 Å². The molecule has 0 unspecified atom stereocenters. The minimum absolute atomic E-state index is 0.205. The van der Waals surface area contributed by atoms with E-state index in [4.69, 9.17) is 15.5 Å². The average Bonchev–Trinajstić information content (AvgIpc) is 3.13. The van der Waals surface area contributed by atoms with Crippen LogP contribution in [0, 0.1) is 0 Å². The second kappa shape index (κ2) is 8.39. The molecular formula is C22H28N6O2. The van der Waals surface area contributed by atoms with Gasteiger partial charge in [0.05, 0.1) is 22.9 Å². The van der Waals surface area contributed by atoms with Gasteiger partial charge in [-0.2, -0.15) is 0 Å². The fourth-order valence-corrected chi connectivity index (χ4v) is 4.02. The lowest BCUT2D eigenvalue weighted by Gasteiger charge is -2.31. The predicted molar refractivity (Wildman–Crippen MR) is 116 cm³/mol. The summed E-state index contributed by atoms with van der Waals surface area (Å²) < 4.78 is 7.51. The summed E-state index contributed by atoms with van der Waals surface area (Å²) in [6.07, 6.45) is 8.24. The van der Waals surface area contributed by atoms with Gasteiger partial charge in [-0.1, -0.05) is 0 Å². The van der Waals surface area contributed by atoms with E-state index in [0.717, 1.165) is 54.2 Å². The predicted octanol–water partition coefficient (Wildman–Crippen LogP) is 2.71. The summed E-state index contributed by atoms with van der Waals surface area (Å²) >= 11 is 0. The van der Waals surface area contributed by atoms with Gasteiger partial charge in [0, 0.05) is 62.3 Å². The molecule has 3 aromatic rings. The quantitative estimate of drug-likeness (QED) is 0.673. The highest BCUT2D eigenvalue weighted by molar-refractivity contribution is 6.06. The van der Waals surface area contributed by atoms with Crippen molar-refractivity contribution in [1.82, 2.24) is 19.5 Å². The van der Waals surface area contributed by atoms with Crippen molar-refractivity contribution in [2.24, 2.45) is 5.73 Å². The molecule has 1 saturated heterocycles. The third-order valence-corrected chi connectivity index (χ3v) is 5.72. The second-order valence-corrected chi connectivity index (χ2v) is 8.05. The van der Waals surface area contributed by atoms with Crippen molar-refractivity contribution < 1.29 is 9.53 Å². The van der Waals surface area contributed by atoms with Gasteiger partial charge >= 0.3 is 0 Å². The molecule has 1 aliphatic rings. The first-order valence-corrected chi connectivity index (χ1v) is 10.3. The first-order valence-electron chi connectivity index (χ1n) is 10.3. The summed E-state index contributed by atoms with van der Waals surface area (Å²) in [7, 11) is 1.77. The van der Waals surface area contributed by atoms with Crippen LogP contribution >= 0.6 is 0 Å². The van der Waals surface area contributed by atoms with Crippen molar-refractivity contribution in [3.8, 4) is 0 Å². The summed E-state index contributed by atoms with van der Waals surface area (Å²) in [5.41, 5.74) is 8.82. The van der Waals surface area contributed by atoms with Gasteiger partial charge in [-0.25, -0.2) is 9.97 Å². The molecule has 2 N–H and O–H groups in total. The van der Waals surface area contributed by atoms with Gasteiger partial charge in [-0.15, -0.1) is 0 Å². The second-order valence-electron chi connectivity index (χ2n) is 8.05. The molecule has 4 heterocycles. The lowest BCUT2D eigenvalue weighted by Crippen LogP contribution is -2.37. The van der Waals surface area contributed by atoms with Crippen molar-refractivity contribution in [1.29, 1.82) is 0 Å². The first-order chi connectivity index (χ1) is 14.5. The van der Waals surface area contributed by atoms with Crippen LogP contribution in [0.1, 0.15) is 54.5 Å². The van der Waals surface area contributed by atoms with Crippen LogP contribution in [0.5, 0.6) is 0 Å². The smallest absolute Gasteiger partial charge is 0.250 e. The molecule has 0 atom stereocenters. The molecule has 0 aliphatic carbocycles. The maximum atomic E-state index is 11.8. The summed E-state index contributed by atoms with van der Waals surface area (Å²) in [4.78, 5) is 27.8. The van der Waals surface area contributed by atoms with Gasteiger partial charge < -0.3 is 19.9 Å². The Labute approximate surface area is 176 Å². The lowest BCUT2D eigenvalue weighted by molar-refractivity contribution is 0.0816. The standard InChI is InChI=1S/C22H28N6O2/c1-14(2)28-13-19(21(23)29)18-12-25-16(11-20(18)28)10-15-4-7-24-22(26-15)27-8-5-17(30-3)6-9-27/h4,7,11-14,17H,5-6,8-10H2,1-3H3,(H2,23,29). The van der Waals surface area contributed by atoms with E-state index in [1.165, 1.54) is 0 Å². The molecule has 30 heavy (non-hydrogen) atoms. The van der Waals surface area contributed by atoms with E-state index in [2.05, 4.69) is 33.3 Å². The normalized spacial score (nSPS) is 15.3. The molecular weight excluding hydrogens is 380 g/mol. The summed E-state index contributed by atoms with van der Waals surface area (Å²) in [5, 5.41) is 0.782. The number of nitrogens with two attached hydrogens (primary N) is 1. The fourth-order valence-electron chi connectivity index (χ4n) is 4.02. The molecule has 1 fully saturated rings. The van der Waals surface area contributed by atoms with E-state index in [9.17, 15) is 4.79 Å². The SMILES string of the molecule is COC1CCN(c2nccc(Cc3cc4c(cn3)c(C(N)=O)cn4C(C)C)n2)CC1. The van der Waals surface area contributed by atoms with Crippen molar-refractivity contribution in [3.63, 3.8) is 0 Å². The van der Waals surface area contributed by atoms with Crippen molar-refractivity contribution in [2.75, 3.05) is 25.1 Å². The average molecular weight is 409 g/mol. The number of fused-ring (bicyclic) bond motifs is 1. The number of nitrogens with zero attached hydrogens (tertiary/aromatic N) is 5. The highest BCUT2D eigenvalue weighted by atomic mass is 16.5. The number of anilines is 1. The zero-order valence-electron chi connectivity index (χ0n) is 17.7. The molecule has 0 bridgehead atoms. The van der Waals surface area contributed by atoms with Crippen LogP contribution in [0.3, 0.4) is 0 Å². The lowest BCUT2D eigenvalue weighted by atomic mass is 10.1. The maximum absolute atomic E-state index is 11.8. The number of methoxy groups -OCH3 is 1. The minimum atomic E-state index is -0.438. The summed E-state index contributed by atoms with van der Waals surface area (Å²) in [6.45, 7) is 5.94. The van der Waals surface area contributed by atoms with Gasteiger partial charge in [0.2, 0.25) is 5.95 Å². The van der Waals surface area contributed by atoms with Crippen molar-refractivity contribution in [3.05, 3.63) is 47.7 Å². The third kappa shape index (κ3) is 4.00. The highest BCUT2D eigenvalue weighted by Gasteiger charge is 2.21. The molecule has 8 heteroatoms. The van der Waals surface area contributed by atoms with Crippen molar-refractivity contribution in [2.45, 2.75) is 45.3 Å². The Morgan fingerprint density at radius 3 is 2.70 bits per heavy atom. The van der Waals surface area contributed by atoms with Crippen LogP contribution in [0.15, 0.2) is 30.7 Å². The zero-order valence-corrected chi connectivity index (χ0v) is 17.7. The number of carbonyl (C=O) groups is 1. The van der Waals surface area contributed by atoms with Crippen LogP contribution in [-0.4, -0.2) is 51.7 Å². The Balaban J connectivity index is 1.59. The molecule has 1 aliphatic heterocycles. The Bertz CT molecular complexity index is 1050. The Morgan fingerprint density at radius 1 is 1.27 bits per heavy atom. The molecule has 158 valence electrons. The number of ether oxygens (including phenoxy) is 1. The van der Waals surface area contributed by atoms with Gasteiger partial charge in [-0.3, -0.25) is 9.78 Å². The van der Waals surface area contributed by atoms with Crippen LogP contribution in [0.25, 0.3) is 10.9 Å². The van der Waals surface area contributed by atoms with Gasteiger partial charge in [0.1, 0.15) is 0 Å². The topological polar surface area (TPSA) is 99.2 Å². The molecule has 0 saturated carbocycles. The monoisotopic (exact) mass is 408 g/mol. The van der Waals surface area contributed by atoms with Crippen molar-refractivity contribution >= 4 is 22.8 Å². The largest absolute Gasteiger partial charge is 0.381 e. The molecule has 3 aromatic heterocycles. The van der Waals surface area contributed by atoms with Gasteiger partial charge in [0.25, 0.3) is 5.91 Å². The van der Waals surface area contributed by atoms with E-state index < -0.39 is 5.91 Å². The number of primary amides is 1. The number of hydrogen-bond acceptors (Lipinski definition) is 6. The number of carbonyl (C=O) groups excluding carboxylic acids is 1. The van der Waals surface area contributed by atoms with E-state index in [1.807, 2.05) is 18.3 Å². The molecule has 0 spiro atoms. The zero-order chi connectivity index (χ0) is 21.3. The number of pyridine rings is 1. The van der Waals surface area contributed by atoms with E-state index in [1.54, 1.807) is 19.5 Å². The minimum Gasteiger partial charge on any atom is -0.381 e. The molecule has 1 amide bonds. The van der Waals surface area contributed by atoms with Crippen LogP contribution in [-0.2, 0) is 11.2 Å². The number of piperidine rings is 1. The first kappa shape index (κ1) is 20.3. The maximum Gasteiger partial charge on any atom is 0.250 e. The third-order valence-electron chi connectivity index (χ3n) is 5.72. The molecule has 4 rings (SSSR count). The van der Waals surface area contributed by atoms with Gasteiger partial charge in [0.15, 0.2) is 0 Å². The number of hydrogen-bond donors (Lipinski definition) is 1. The summed E-state index contributed by atoms with van der Waals surface area (Å²) in [5.74, 6) is 0.316. The fraction of sp³-hybridized carbons (Fsp3) is 0.455. The van der Waals surface area contributed by atoms with Crippen LogP contribution in [0.2, 0.25) is 0 Å². The van der Waals surface area contributed by atoms with Gasteiger partial charge in [-0.05, 0) is 38.8 Å². The number of rotatable bonds is 6. The Hall–Kier alpha value is -3.00.